The lowest BCUT2D eigenvalue weighted by molar-refractivity contribution is 0.101. The quantitative estimate of drug-likeness (QED) is 0.883. The molecule has 0 unspecified atom stereocenters. The van der Waals surface area contributed by atoms with E-state index < -0.39 is 5.91 Å². The van der Waals surface area contributed by atoms with Gasteiger partial charge in [0.2, 0.25) is 11.5 Å². The number of nitrogen functional groups attached to an aromatic ring is 1. The Morgan fingerprint density at radius 2 is 2.24 bits per heavy atom. The largest absolute Gasteiger partial charge is 0.379 e. The van der Waals surface area contributed by atoms with E-state index in [1.54, 1.807) is 6.07 Å². The van der Waals surface area contributed by atoms with Crippen LogP contribution in [0.5, 0.6) is 0 Å². The predicted octanol–water partition coefficient (Wildman–Crippen LogP) is 1.98. The molecule has 0 aliphatic carbocycles. The first-order chi connectivity index (χ1) is 8.09. The number of nitrogens with two attached hydrogens (primary N) is 1. The standard InChI is InChI=1S/C10H9BrN4O2/c1-5-3-2-4-6(7(5)11)13-10(16)8-9(12)15-17-14-8/h2-4H,1H3,(H2,12,15)(H,13,16). The zero-order chi connectivity index (χ0) is 12.4. The molecule has 2 aromatic rings. The minimum absolute atomic E-state index is 0.0293. The molecule has 2 rings (SSSR count). The predicted molar refractivity (Wildman–Crippen MR) is 65.5 cm³/mol. The van der Waals surface area contributed by atoms with Gasteiger partial charge in [0, 0.05) is 4.47 Å². The van der Waals surface area contributed by atoms with Gasteiger partial charge in [-0.2, -0.15) is 0 Å². The van der Waals surface area contributed by atoms with Crippen molar-refractivity contribution in [1.29, 1.82) is 0 Å². The highest BCUT2D eigenvalue weighted by Gasteiger charge is 2.17. The van der Waals surface area contributed by atoms with Crippen LogP contribution < -0.4 is 11.1 Å². The maximum absolute atomic E-state index is 11.8. The highest BCUT2D eigenvalue weighted by atomic mass is 79.9. The normalized spacial score (nSPS) is 10.2. The average molecular weight is 297 g/mol. The molecule has 1 aromatic carbocycles. The Balaban J connectivity index is 2.25. The Morgan fingerprint density at radius 1 is 1.47 bits per heavy atom. The van der Waals surface area contributed by atoms with Gasteiger partial charge in [-0.1, -0.05) is 12.1 Å². The molecule has 6 nitrogen and oxygen atoms in total. The fourth-order valence-electron chi connectivity index (χ4n) is 1.28. The number of aryl methyl sites for hydroxylation is 1. The van der Waals surface area contributed by atoms with Crippen LogP contribution in [-0.2, 0) is 0 Å². The highest BCUT2D eigenvalue weighted by molar-refractivity contribution is 9.10. The van der Waals surface area contributed by atoms with Crippen LogP contribution in [0, 0.1) is 6.92 Å². The third-order valence-corrected chi connectivity index (χ3v) is 3.22. The van der Waals surface area contributed by atoms with E-state index in [-0.39, 0.29) is 11.5 Å². The minimum atomic E-state index is -0.463. The summed E-state index contributed by atoms with van der Waals surface area (Å²) in [5.41, 5.74) is 7.04. The lowest BCUT2D eigenvalue weighted by Gasteiger charge is -2.07. The number of hydrogen-bond acceptors (Lipinski definition) is 5. The highest BCUT2D eigenvalue weighted by Crippen LogP contribution is 2.26. The molecule has 1 heterocycles. The third kappa shape index (κ3) is 2.28. The lowest BCUT2D eigenvalue weighted by atomic mass is 10.2. The van der Waals surface area contributed by atoms with Crippen LogP contribution in [0.2, 0.25) is 0 Å². The molecule has 3 N–H and O–H groups in total. The summed E-state index contributed by atoms with van der Waals surface area (Å²) < 4.78 is 5.17. The topological polar surface area (TPSA) is 94.0 Å². The van der Waals surface area contributed by atoms with Gasteiger partial charge in [-0.15, -0.1) is 0 Å². The fraction of sp³-hybridized carbons (Fsp3) is 0.100. The van der Waals surface area contributed by atoms with Gasteiger partial charge in [0.1, 0.15) is 0 Å². The fourth-order valence-corrected chi connectivity index (χ4v) is 1.64. The van der Waals surface area contributed by atoms with Crippen LogP contribution in [0.25, 0.3) is 0 Å². The number of carbonyl (C=O) groups excluding carboxylic acids is 1. The summed E-state index contributed by atoms with van der Waals surface area (Å²) in [5.74, 6) is -0.499. The zero-order valence-corrected chi connectivity index (χ0v) is 10.5. The number of nitrogens with zero attached hydrogens (tertiary/aromatic N) is 2. The molecule has 7 heteroatoms. The molecular formula is C10H9BrN4O2. The van der Waals surface area contributed by atoms with E-state index in [4.69, 9.17) is 5.73 Å². The maximum Gasteiger partial charge on any atom is 0.281 e. The number of benzene rings is 1. The van der Waals surface area contributed by atoms with Crippen LogP contribution in [0.15, 0.2) is 27.3 Å². The maximum atomic E-state index is 11.8. The van der Waals surface area contributed by atoms with Crippen LogP contribution in [0.4, 0.5) is 11.5 Å². The van der Waals surface area contributed by atoms with Crippen LogP contribution in [-0.4, -0.2) is 16.2 Å². The van der Waals surface area contributed by atoms with E-state index >= 15 is 0 Å². The molecule has 0 saturated heterocycles. The van der Waals surface area contributed by atoms with Crippen LogP contribution in [0.3, 0.4) is 0 Å². The monoisotopic (exact) mass is 296 g/mol. The summed E-state index contributed by atoms with van der Waals surface area (Å²) in [6, 6.07) is 5.52. The summed E-state index contributed by atoms with van der Waals surface area (Å²) in [5, 5.41) is 9.43. The van der Waals surface area contributed by atoms with Crippen molar-refractivity contribution >= 4 is 33.3 Å². The SMILES string of the molecule is Cc1cccc(NC(=O)c2nonc2N)c1Br. The van der Waals surface area contributed by atoms with Gasteiger partial charge in [0.15, 0.2) is 0 Å². The van der Waals surface area contributed by atoms with Gasteiger partial charge < -0.3 is 11.1 Å². The van der Waals surface area contributed by atoms with Crippen molar-refractivity contribution in [1.82, 2.24) is 10.3 Å². The van der Waals surface area contributed by atoms with Gasteiger partial charge in [-0.25, -0.2) is 4.63 Å². The molecule has 1 amide bonds. The van der Waals surface area contributed by atoms with Crippen molar-refractivity contribution in [3.8, 4) is 0 Å². The number of rotatable bonds is 2. The van der Waals surface area contributed by atoms with Gasteiger partial charge in [-0.3, -0.25) is 4.79 Å². The first kappa shape index (κ1) is 11.6. The molecule has 0 saturated carbocycles. The molecular weight excluding hydrogens is 288 g/mol. The second-order valence-electron chi connectivity index (χ2n) is 3.39. The summed E-state index contributed by atoms with van der Waals surface area (Å²) in [6.45, 7) is 1.92. The van der Waals surface area contributed by atoms with E-state index in [0.717, 1.165) is 10.0 Å². The molecule has 0 fully saturated rings. The van der Waals surface area contributed by atoms with Crippen LogP contribution in [0.1, 0.15) is 16.1 Å². The molecule has 0 aliphatic rings. The molecule has 0 aliphatic heterocycles. The lowest BCUT2D eigenvalue weighted by Crippen LogP contribution is -2.14. The molecule has 17 heavy (non-hydrogen) atoms. The second-order valence-corrected chi connectivity index (χ2v) is 4.18. The van der Waals surface area contributed by atoms with E-state index in [2.05, 4.69) is 36.2 Å². The number of carbonyl (C=O) groups is 1. The van der Waals surface area contributed by atoms with Crippen molar-refractivity contribution in [3.63, 3.8) is 0 Å². The number of amides is 1. The molecule has 1 aromatic heterocycles. The summed E-state index contributed by atoms with van der Waals surface area (Å²) in [4.78, 5) is 11.8. The average Bonchev–Trinajstić information content (AvgIpc) is 2.71. The number of aromatic nitrogens is 2. The van der Waals surface area contributed by atoms with E-state index in [1.807, 2.05) is 19.1 Å². The Hall–Kier alpha value is -1.89. The van der Waals surface area contributed by atoms with Gasteiger partial charge in [-0.05, 0) is 44.8 Å². The number of nitrogens with one attached hydrogen (secondary N) is 1. The second kappa shape index (κ2) is 4.54. The number of hydrogen-bond donors (Lipinski definition) is 2. The van der Waals surface area contributed by atoms with E-state index in [9.17, 15) is 4.79 Å². The first-order valence-electron chi connectivity index (χ1n) is 4.74. The summed E-state index contributed by atoms with van der Waals surface area (Å²) in [7, 11) is 0. The third-order valence-electron chi connectivity index (χ3n) is 2.17. The first-order valence-corrected chi connectivity index (χ1v) is 5.53. The van der Waals surface area contributed by atoms with Crippen molar-refractivity contribution < 1.29 is 9.42 Å². The Bertz CT molecular complexity index is 567. The van der Waals surface area contributed by atoms with Gasteiger partial charge >= 0.3 is 0 Å². The zero-order valence-electron chi connectivity index (χ0n) is 8.90. The molecule has 0 bridgehead atoms. The Labute approximate surface area is 105 Å². The van der Waals surface area contributed by atoms with E-state index in [1.165, 1.54) is 0 Å². The van der Waals surface area contributed by atoms with E-state index in [0.29, 0.717) is 5.69 Å². The molecule has 88 valence electrons. The molecule has 0 spiro atoms. The summed E-state index contributed by atoms with van der Waals surface area (Å²) in [6.07, 6.45) is 0. The van der Waals surface area contributed by atoms with Crippen molar-refractivity contribution in [2.45, 2.75) is 6.92 Å². The van der Waals surface area contributed by atoms with Gasteiger partial charge in [0.05, 0.1) is 5.69 Å². The van der Waals surface area contributed by atoms with Crippen molar-refractivity contribution in [2.24, 2.45) is 0 Å². The Kier molecular flexibility index (Phi) is 3.10. The number of anilines is 2. The van der Waals surface area contributed by atoms with Crippen molar-refractivity contribution in [3.05, 3.63) is 33.9 Å². The molecule has 0 radical (unpaired) electrons. The summed E-state index contributed by atoms with van der Waals surface area (Å²) >= 11 is 3.39. The minimum Gasteiger partial charge on any atom is -0.379 e. The van der Waals surface area contributed by atoms with Crippen molar-refractivity contribution in [2.75, 3.05) is 11.1 Å². The smallest absolute Gasteiger partial charge is 0.281 e. The Morgan fingerprint density at radius 3 is 2.88 bits per heavy atom. The number of halogens is 1. The molecule has 0 atom stereocenters. The van der Waals surface area contributed by atoms with Crippen LogP contribution >= 0.6 is 15.9 Å². The van der Waals surface area contributed by atoms with Gasteiger partial charge in [0.25, 0.3) is 5.91 Å².